The molecule has 5 heteroatoms. The van der Waals surface area contributed by atoms with Gasteiger partial charge in [-0.15, -0.1) is 0 Å². The van der Waals surface area contributed by atoms with Crippen LogP contribution in [0.2, 0.25) is 0 Å². The molecule has 5 aliphatic rings. The van der Waals surface area contributed by atoms with Crippen LogP contribution in [0.4, 0.5) is 0 Å². The largest absolute Gasteiger partial charge is 0.458 e. The first-order chi connectivity index (χ1) is 13.2. The van der Waals surface area contributed by atoms with E-state index in [1.165, 1.54) is 0 Å². The summed E-state index contributed by atoms with van der Waals surface area (Å²) in [5, 5.41) is 33.7. The minimum Gasteiger partial charge on any atom is -0.458 e. The second-order valence-corrected chi connectivity index (χ2v) is 10.8. The van der Waals surface area contributed by atoms with E-state index in [1.807, 2.05) is 6.92 Å². The van der Waals surface area contributed by atoms with Crippen molar-refractivity contribution in [3.05, 3.63) is 11.6 Å². The number of rotatable bonds is 1. The van der Waals surface area contributed by atoms with Crippen molar-refractivity contribution in [1.29, 1.82) is 0 Å². The molecule has 4 fully saturated rings. The predicted octanol–water partition coefficient (Wildman–Crippen LogP) is 2.58. The van der Waals surface area contributed by atoms with E-state index in [2.05, 4.69) is 6.92 Å². The third-order valence-electron chi connectivity index (χ3n) is 10.0. The third kappa shape index (κ3) is 2.27. The molecule has 1 unspecified atom stereocenters. The van der Waals surface area contributed by atoms with Crippen molar-refractivity contribution >= 4 is 5.97 Å². The summed E-state index contributed by atoms with van der Waals surface area (Å²) in [4.78, 5) is 11.6. The summed E-state index contributed by atoms with van der Waals surface area (Å²) in [5.74, 6) is 0.657. The van der Waals surface area contributed by atoms with Crippen LogP contribution in [-0.4, -0.2) is 45.7 Å². The maximum atomic E-state index is 12.1. The van der Waals surface area contributed by atoms with Crippen LogP contribution < -0.4 is 0 Å². The summed E-state index contributed by atoms with van der Waals surface area (Å²) in [6, 6.07) is 0. The number of carbonyl (C=O) groups excluding carboxylic acids is 1. The van der Waals surface area contributed by atoms with Crippen molar-refractivity contribution in [1.82, 2.24) is 0 Å². The summed E-state index contributed by atoms with van der Waals surface area (Å²) in [6.45, 7) is 4.69. The van der Waals surface area contributed by atoms with Gasteiger partial charge in [0.05, 0.1) is 17.8 Å². The maximum absolute atomic E-state index is 12.1. The molecule has 5 nitrogen and oxygen atoms in total. The van der Waals surface area contributed by atoms with Crippen molar-refractivity contribution in [3.8, 4) is 0 Å². The van der Waals surface area contributed by atoms with Crippen molar-refractivity contribution in [2.24, 2.45) is 34.5 Å². The lowest BCUT2D eigenvalue weighted by molar-refractivity contribution is -0.244. The van der Waals surface area contributed by atoms with Gasteiger partial charge in [0.1, 0.15) is 6.61 Å². The zero-order valence-corrected chi connectivity index (χ0v) is 17.1. The molecule has 4 aliphatic carbocycles. The molecule has 5 rings (SSSR count). The van der Waals surface area contributed by atoms with Crippen molar-refractivity contribution in [2.75, 3.05) is 6.61 Å². The van der Waals surface area contributed by atoms with Crippen LogP contribution >= 0.6 is 0 Å². The van der Waals surface area contributed by atoms with Crippen LogP contribution in [0.15, 0.2) is 11.6 Å². The molecule has 0 aromatic heterocycles. The van der Waals surface area contributed by atoms with Crippen LogP contribution in [0.3, 0.4) is 0 Å². The molecule has 1 heterocycles. The fourth-order valence-corrected chi connectivity index (χ4v) is 8.37. The Morgan fingerprint density at radius 3 is 2.54 bits per heavy atom. The van der Waals surface area contributed by atoms with E-state index in [0.29, 0.717) is 31.3 Å². The fourth-order valence-electron chi connectivity index (χ4n) is 8.37. The number of carbonyl (C=O) groups is 1. The van der Waals surface area contributed by atoms with E-state index in [0.717, 1.165) is 44.1 Å². The number of hydrogen-bond acceptors (Lipinski definition) is 5. The first-order valence-electron chi connectivity index (χ1n) is 11.2. The summed E-state index contributed by atoms with van der Waals surface area (Å²) in [7, 11) is 0. The minimum atomic E-state index is -0.906. The number of hydrogen-bond donors (Lipinski definition) is 3. The van der Waals surface area contributed by atoms with Gasteiger partial charge in [0.25, 0.3) is 0 Å². The Bertz CT molecular complexity index is 718. The fraction of sp³-hybridized carbons (Fsp3) is 0.870. The van der Waals surface area contributed by atoms with Gasteiger partial charge in [-0.2, -0.15) is 0 Å². The number of esters is 1. The maximum Gasteiger partial charge on any atom is 0.331 e. The Labute approximate surface area is 167 Å². The van der Waals surface area contributed by atoms with Crippen molar-refractivity contribution in [2.45, 2.75) is 83.0 Å². The van der Waals surface area contributed by atoms with Gasteiger partial charge in [0.15, 0.2) is 0 Å². The van der Waals surface area contributed by atoms with E-state index >= 15 is 0 Å². The average molecular weight is 391 g/mol. The highest BCUT2D eigenvalue weighted by Gasteiger charge is 2.70. The van der Waals surface area contributed by atoms with Crippen LogP contribution in [0.1, 0.15) is 65.2 Å². The van der Waals surface area contributed by atoms with E-state index in [-0.39, 0.29) is 29.3 Å². The van der Waals surface area contributed by atoms with Crippen LogP contribution in [0, 0.1) is 34.5 Å². The molecule has 1 aliphatic heterocycles. The lowest BCUT2D eigenvalue weighted by Gasteiger charge is -2.64. The molecule has 0 saturated heterocycles. The Morgan fingerprint density at radius 2 is 1.82 bits per heavy atom. The highest BCUT2D eigenvalue weighted by atomic mass is 16.5. The van der Waals surface area contributed by atoms with Gasteiger partial charge < -0.3 is 20.1 Å². The third-order valence-corrected chi connectivity index (χ3v) is 10.0. The standard InChI is InChI=1S/C23H34O5/c1-21-7-5-15(24)10-14(21)3-4-17-18(21)11-19(25)22(2)16(6-8-23(17,22)27)13-9-20(26)28-12-13/h9,14-19,24-25,27H,3-8,10-12H2,1-2H3/t14-,15+,16?,17-,18+,19-,21+,22+,23+/m1/s1. The van der Waals surface area contributed by atoms with Gasteiger partial charge in [-0.25, -0.2) is 4.79 Å². The monoisotopic (exact) mass is 390 g/mol. The number of ether oxygens (including phenoxy) is 1. The molecule has 4 saturated carbocycles. The minimum absolute atomic E-state index is 0.00129. The number of aliphatic hydroxyl groups excluding tert-OH is 2. The molecule has 3 N–H and O–H groups in total. The number of aliphatic hydroxyl groups is 3. The van der Waals surface area contributed by atoms with Crippen LogP contribution in [0.5, 0.6) is 0 Å². The van der Waals surface area contributed by atoms with E-state index in [9.17, 15) is 20.1 Å². The smallest absolute Gasteiger partial charge is 0.331 e. The summed E-state index contributed by atoms with van der Waals surface area (Å²) < 4.78 is 5.16. The van der Waals surface area contributed by atoms with E-state index in [1.54, 1.807) is 6.08 Å². The van der Waals surface area contributed by atoms with E-state index in [4.69, 9.17) is 4.74 Å². The SMILES string of the molecule is C[C@]12CC[C@H](O)C[C@H]1CC[C@@H]1[C@@H]2C[C@@H](O)[C@]2(C)C(C3=CC(=O)OC3)CC[C@]12O. The number of fused-ring (bicyclic) bond motifs is 5. The molecule has 0 aromatic rings. The van der Waals surface area contributed by atoms with Crippen molar-refractivity contribution < 1.29 is 24.9 Å². The molecular weight excluding hydrogens is 356 g/mol. The topological polar surface area (TPSA) is 87.0 Å². The Kier molecular flexibility index (Phi) is 4.12. The highest BCUT2D eigenvalue weighted by molar-refractivity contribution is 5.85. The Balaban J connectivity index is 1.51. The van der Waals surface area contributed by atoms with Crippen LogP contribution in [-0.2, 0) is 9.53 Å². The Morgan fingerprint density at radius 1 is 1.04 bits per heavy atom. The number of cyclic esters (lactones) is 1. The van der Waals surface area contributed by atoms with Gasteiger partial charge in [0.2, 0.25) is 0 Å². The predicted molar refractivity (Wildman–Crippen MR) is 103 cm³/mol. The van der Waals surface area contributed by atoms with Gasteiger partial charge in [-0.1, -0.05) is 13.8 Å². The molecule has 0 amide bonds. The summed E-state index contributed by atoms with van der Waals surface area (Å²) in [6.07, 6.45) is 7.69. The first-order valence-corrected chi connectivity index (χ1v) is 11.2. The van der Waals surface area contributed by atoms with E-state index < -0.39 is 17.1 Å². The summed E-state index contributed by atoms with van der Waals surface area (Å²) in [5.41, 5.74) is -0.507. The molecule has 9 atom stereocenters. The zero-order valence-electron chi connectivity index (χ0n) is 17.1. The van der Waals surface area contributed by atoms with Gasteiger partial charge in [-0.3, -0.25) is 0 Å². The molecule has 0 spiro atoms. The first kappa shape index (κ1) is 19.1. The second kappa shape index (κ2) is 6.05. The molecule has 0 bridgehead atoms. The molecular formula is C23H34O5. The van der Waals surface area contributed by atoms with Crippen molar-refractivity contribution in [3.63, 3.8) is 0 Å². The lowest BCUT2D eigenvalue weighted by atomic mass is 9.42. The van der Waals surface area contributed by atoms with Gasteiger partial charge in [0, 0.05) is 11.5 Å². The molecule has 28 heavy (non-hydrogen) atoms. The lowest BCUT2D eigenvalue weighted by Crippen LogP contribution is -2.67. The van der Waals surface area contributed by atoms with Crippen LogP contribution in [0.25, 0.3) is 0 Å². The quantitative estimate of drug-likeness (QED) is 0.599. The summed E-state index contributed by atoms with van der Waals surface area (Å²) >= 11 is 0. The second-order valence-electron chi connectivity index (χ2n) is 10.8. The van der Waals surface area contributed by atoms with Gasteiger partial charge in [-0.05, 0) is 86.0 Å². The molecule has 156 valence electrons. The van der Waals surface area contributed by atoms with Gasteiger partial charge >= 0.3 is 5.97 Å². The normalized spacial score (nSPS) is 55.8. The molecule has 0 aromatic carbocycles. The average Bonchev–Trinajstić information content (AvgIpc) is 3.19. The zero-order chi connectivity index (χ0) is 19.9. The highest BCUT2D eigenvalue weighted by Crippen LogP contribution is 2.69. The molecule has 0 radical (unpaired) electrons. The Hall–Kier alpha value is -0.910.